The molecule has 0 unspecified atom stereocenters. The van der Waals surface area contributed by atoms with Gasteiger partial charge >= 0.3 is 7.12 Å². The Morgan fingerprint density at radius 3 is 2.64 bits per heavy atom. The second-order valence-electron chi connectivity index (χ2n) is 2.82. The second kappa shape index (κ2) is 3.69. The van der Waals surface area contributed by atoms with Crippen molar-refractivity contribution in [2.75, 3.05) is 0 Å². The van der Waals surface area contributed by atoms with Crippen LogP contribution in [0.3, 0.4) is 0 Å². The lowest BCUT2D eigenvalue weighted by Gasteiger charge is -1.98. The molecule has 72 valence electrons. The normalized spacial score (nSPS) is 10.8. The Balaban J connectivity index is 2.83. The van der Waals surface area contributed by atoms with Gasteiger partial charge in [-0.1, -0.05) is 12.1 Å². The van der Waals surface area contributed by atoms with E-state index in [0.29, 0.717) is 15.5 Å². The van der Waals surface area contributed by atoms with Crippen LogP contribution in [0.15, 0.2) is 18.2 Å². The molecule has 1 aromatic heterocycles. The number of aromatic hydroxyl groups is 1. The Kier molecular flexibility index (Phi) is 2.69. The molecule has 0 aliphatic carbocycles. The molecule has 6 heteroatoms. The Morgan fingerprint density at radius 2 is 2.00 bits per heavy atom. The molecule has 0 fully saturated rings. The summed E-state index contributed by atoms with van der Waals surface area (Å²) in [7, 11) is -1.49. The lowest BCUT2D eigenvalue weighted by molar-refractivity contribution is 0.426. The number of benzene rings is 1. The predicted molar refractivity (Wildman–Crippen MR) is 66.0 cm³/mol. The maximum atomic E-state index is 9.53. The van der Waals surface area contributed by atoms with Crippen LogP contribution in [-0.4, -0.2) is 22.3 Å². The average Bonchev–Trinajstić information content (AvgIpc) is 2.42. The van der Waals surface area contributed by atoms with Gasteiger partial charge in [-0.25, -0.2) is 0 Å². The van der Waals surface area contributed by atoms with Crippen molar-refractivity contribution >= 4 is 56.6 Å². The molecule has 2 aromatic rings. The first kappa shape index (κ1) is 10.2. The van der Waals surface area contributed by atoms with Crippen LogP contribution in [0.25, 0.3) is 10.1 Å². The summed E-state index contributed by atoms with van der Waals surface area (Å²) in [5, 5.41) is 28.6. The maximum absolute atomic E-state index is 9.53. The monoisotopic (exact) mass is 320 g/mol. The summed E-state index contributed by atoms with van der Waals surface area (Å²) < 4.78 is 1.48. The first-order chi connectivity index (χ1) is 6.61. The number of rotatable bonds is 1. The summed E-state index contributed by atoms with van der Waals surface area (Å²) >= 11 is 3.38. The van der Waals surface area contributed by atoms with Gasteiger partial charge in [-0.3, -0.25) is 0 Å². The molecule has 0 bridgehead atoms. The van der Waals surface area contributed by atoms with Crippen molar-refractivity contribution in [3.63, 3.8) is 0 Å². The lowest BCUT2D eigenvalue weighted by Crippen LogP contribution is -2.30. The van der Waals surface area contributed by atoms with Crippen LogP contribution >= 0.6 is 33.9 Å². The molecule has 0 radical (unpaired) electrons. The van der Waals surface area contributed by atoms with E-state index < -0.39 is 7.12 Å². The van der Waals surface area contributed by atoms with Crippen LogP contribution in [0.1, 0.15) is 0 Å². The maximum Gasteiger partial charge on any atom is 0.491 e. The van der Waals surface area contributed by atoms with Crippen molar-refractivity contribution in [1.29, 1.82) is 0 Å². The van der Waals surface area contributed by atoms with E-state index >= 15 is 0 Å². The molecule has 0 spiro atoms. The van der Waals surface area contributed by atoms with Gasteiger partial charge in [0.2, 0.25) is 0 Å². The molecule has 1 heterocycles. The Hall–Kier alpha value is -0.305. The third-order valence-electron chi connectivity index (χ3n) is 1.95. The van der Waals surface area contributed by atoms with E-state index in [0.717, 1.165) is 2.88 Å². The molecule has 1 aromatic carbocycles. The van der Waals surface area contributed by atoms with E-state index in [9.17, 15) is 5.11 Å². The summed E-state index contributed by atoms with van der Waals surface area (Å²) in [6, 6.07) is 5.04. The van der Waals surface area contributed by atoms with Gasteiger partial charge in [-0.15, -0.1) is 11.3 Å². The molecule has 0 aliphatic heterocycles. The Labute approximate surface area is 98.3 Å². The Bertz CT molecular complexity index is 483. The summed E-state index contributed by atoms with van der Waals surface area (Å²) in [6.07, 6.45) is 0. The minimum absolute atomic E-state index is 0.178. The fraction of sp³-hybridized carbons (Fsp3) is 0. The number of fused-ring (bicyclic) bond motifs is 1. The van der Waals surface area contributed by atoms with E-state index in [-0.39, 0.29) is 5.75 Å². The van der Waals surface area contributed by atoms with Crippen LogP contribution in [-0.2, 0) is 0 Å². The fourth-order valence-electron chi connectivity index (χ4n) is 1.34. The number of thiophene rings is 1. The first-order valence-corrected chi connectivity index (χ1v) is 5.77. The molecule has 14 heavy (non-hydrogen) atoms. The van der Waals surface area contributed by atoms with Gasteiger partial charge in [0, 0.05) is 5.46 Å². The third kappa shape index (κ3) is 1.52. The molecule has 0 amide bonds. The predicted octanol–water partition coefficient (Wildman–Crippen LogP) is 0.891. The van der Waals surface area contributed by atoms with Crippen LogP contribution in [0.4, 0.5) is 0 Å². The van der Waals surface area contributed by atoms with Crippen molar-refractivity contribution in [2.45, 2.75) is 0 Å². The highest BCUT2D eigenvalue weighted by Gasteiger charge is 2.22. The highest BCUT2D eigenvalue weighted by Crippen LogP contribution is 2.31. The zero-order chi connectivity index (χ0) is 10.3. The largest absolute Gasteiger partial charge is 0.506 e. The molecular weight excluding hydrogens is 314 g/mol. The number of hydrogen-bond acceptors (Lipinski definition) is 4. The SMILES string of the molecule is OB(O)c1c(I)sc2c(O)cccc12. The topological polar surface area (TPSA) is 60.7 Å². The second-order valence-corrected chi connectivity index (χ2v) is 5.65. The summed E-state index contributed by atoms with van der Waals surface area (Å²) in [6.45, 7) is 0. The summed E-state index contributed by atoms with van der Waals surface area (Å²) in [5.41, 5.74) is 0.474. The van der Waals surface area contributed by atoms with E-state index in [4.69, 9.17) is 10.0 Å². The molecule has 3 nitrogen and oxygen atoms in total. The summed E-state index contributed by atoms with van der Waals surface area (Å²) in [4.78, 5) is 0. The number of hydrogen-bond donors (Lipinski definition) is 3. The van der Waals surface area contributed by atoms with Gasteiger partial charge in [0.25, 0.3) is 0 Å². The third-order valence-corrected chi connectivity index (χ3v) is 4.22. The highest BCUT2D eigenvalue weighted by molar-refractivity contribution is 14.1. The molecule has 0 atom stereocenters. The van der Waals surface area contributed by atoms with Crippen molar-refractivity contribution in [1.82, 2.24) is 0 Å². The van der Waals surface area contributed by atoms with Gasteiger partial charge in [0.1, 0.15) is 5.75 Å². The van der Waals surface area contributed by atoms with Gasteiger partial charge in [0.15, 0.2) is 0 Å². The minimum atomic E-state index is -1.49. The molecule has 0 saturated heterocycles. The molecule has 0 aliphatic rings. The van der Waals surface area contributed by atoms with E-state index in [1.165, 1.54) is 11.3 Å². The fourth-order valence-corrected chi connectivity index (χ4v) is 3.53. The smallest absolute Gasteiger partial charge is 0.491 e. The van der Waals surface area contributed by atoms with Crippen LogP contribution < -0.4 is 5.46 Å². The van der Waals surface area contributed by atoms with Crippen LogP contribution in [0, 0.1) is 2.88 Å². The number of phenols is 1. The van der Waals surface area contributed by atoms with Crippen LogP contribution in [0.5, 0.6) is 5.75 Å². The van der Waals surface area contributed by atoms with Crippen molar-refractivity contribution in [3.05, 3.63) is 21.1 Å². The highest BCUT2D eigenvalue weighted by atomic mass is 127. The Morgan fingerprint density at radius 1 is 1.29 bits per heavy atom. The van der Waals surface area contributed by atoms with Gasteiger partial charge in [-0.2, -0.15) is 0 Å². The molecular formula is C8H6BIO3S. The standard InChI is InChI=1S/C8H6BIO3S/c10-8-6(9(12)13)4-2-1-3-5(11)7(4)14-8/h1-3,11-13H. The van der Waals surface area contributed by atoms with E-state index in [2.05, 4.69) is 0 Å². The first-order valence-electron chi connectivity index (χ1n) is 3.87. The van der Waals surface area contributed by atoms with Crippen molar-refractivity contribution in [3.8, 4) is 5.75 Å². The lowest BCUT2D eigenvalue weighted by atomic mass is 9.80. The molecule has 2 rings (SSSR count). The quantitative estimate of drug-likeness (QED) is 0.540. The molecule has 0 saturated carbocycles. The zero-order valence-electron chi connectivity index (χ0n) is 6.94. The van der Waals surface area contributed by atoms with Crippen molar-refractivity contribution < 1.29 is 15.2 Å². The van der Waals surface area contributed by atoms with E-state index in [1.807, 2.05) is 22.6 Å². The number of phenolic OH excluding ortho intramolecular Hbond substituents is 1. The van der Waals surface area contributed by atoms with Gasteiger partial charge in [-0.05, 0) is 34.0 Å². The summed E-state index contributed by atoms with van der Waals surface area (Å²) in [5.74, 6) is 0.178. The number of halogens is 1. The van der Waals surface area contributed by atoms with Crippen LogP contribution in [0.2, 0.25) is 0 Å². The van der Waals surface area contributed by atoms with Crippen molar-refractivity contribution in [2.24, 2.45) is 0 Å². The van der Waals surface area contributed by atoms with E-state index in [1.54, 1.807) is 18.2 Å². The average molecular weight is 320 g/mol. The van der Waals surface area contributed by atoms with Gasteiger partial charge < -0.3 is 15.2 Å². The molecule has 3 N–H and O–H groups in total. The minimum Gasteiger partial charge on any atom is -0.506 e. The van der Waals surface area contributed by atoms with Gasteiger partial charge in [0.05, 0.1) is 7.58 Å². The zero-order valence-corrected chi connectivity index (χ0v) is 9.91.